The Kier molecular flexibility index (Phi) is 4.07. The molecule has 1 heterocycles. The van der Waals surface area contributed by atoms with E-state index >= 15 is 0 Å². The summed E-state index contributed by atoms with van der Waals surface area (Å²) in [6.45, 7) is 1.12. The number of aryl methyl sites for hydroxylation is 1. The summed E-state index contributed by atoms with van der Waals surface area (Å²) in [5.74, 6) is 0. The van der Waals surface area contributed by atoms with Gasteiger partial charge in [-0.25, -0.2) is 0 Å². The predicted molar refractivity (Wildman–Crippen MR) is 90.6 cm³/mol. The molecular weight excluding hydrogens is 256 g/mol. The van der Waals surface area contributed by atoms with Gasteiger partial charge in [0.2, 0.25) is 0 Å². The molecule has 3 rings (SSSR count). The van der Waals surface area contributed by atoms with E-state index in [1.165, 1.54) is 34.1 Å². The Hall–Kier alpha value is -2.06. The average molecular weight is 278 g/mol. The SMILES string of the molecule is CN(C)CCCc1c(-c2ccccc2)[nH]c2ccccc12. The molecule has 0 bridgehead atoms. The van der Waals surface area contributed by atoms with Crippen LogP contribution in [0.25, 0.3) is 22.2 Å². The lowest BCUT2D eigenvalue weighted by atomic mass is 10.0. The second-order valence-corrected chi connectivity index (χ2v) is 5.80. The molecule has 108 valence electrons. The molecule has 0 saturated carbocycles. The van der Waals surface area contributed by atoms with Gasteiger partial charge in [0.05, 0.1) is 0 Å². The minimum absolute atomic E-state index is 1.10. The maximum Gasteiger partial charge on any atom is 0.0497 e. The number of benzene rings is 2. The molecule has 0 unspecified atom stereocenters. The molecule has 0 spiro atoms. The minimum Gasteiger partial charge on any atom is -0.354 e. The third-order valence-corrected chi connectivity index (χ3v) is 3.91. The molecule has 0 aliphatic heterocycles. The van der Waals surface area contributed by atoms with E-state index in [1.807, 2.05) is 0 Å². The number of aromatic nitrogens is 1. The molecule has 0 saturated heterocycles. The number of H-pyrrole nitrogens is 1. The number of para-hydroxylation sites is 1. The lowest BCUT2D eigenvalue weighted by molar-refractivity contribution is 0.400. The Balaban J connectivity index is 2.02. The summed E-state index contributed by atoms with van der Waals surface area (Å²) < 4.78 is 0. The Morgan fingerprint density at radius 3 is 2.38 bits per heavy atom. The van der Waals surface area contributed by atoms with E-state index < -0.39 is 0 Å². The quantitative estimate of drug-likeness (QED) is 0.736. The van der Waals surface area contributed by atoms with Crippen molar-refractivity contribution in [2.75, 3.05) is 20.6 Å². The highest BCUT2D eigenvalue weighted by Gasteiger charge is 2.12. The van der Waals surface area contributed by atoms with Crippen molar-refractivity contribution >= 4 is 10.9 Å². The molecule has 2 nitrogen and oxygen atoms in total. The number of hydrogen-bond acceptors (Lipinski definition) is 1. The van der Waals surface area contributed by atoms with Gasteiger partial charge in [-0.15, -0.1) is 0 Å². The van der Waals surface area contributed by atoms with Crippen LogP contribution in [0.3, 0.4) is 0 Å². The summed E-state index contributed by atoms with van der Waals surface area (Å²) in [4.78, 5) is 5.85. The monoisotopic (exact) mass is 278 g/mol. The van der Waals surface area contributed by atoms with Crippen LogP contribution in [0.5, 0.6) is 0 Å². The number of aromatic amines is 1. The van der Waals surface area contributed by atoms with Gasteiger partial charge in [-0.3, -0.25) is 0 Å². The van der Waals surface area contributed by atoms with Crippen molar-refractivity contribution in [1.29, 1.82) is 0 Å². The van der Waals surface area contributed by atoms with Crippen LogP contribution in [0.2, 0.25) is 0 Å². The van der Waals surface area contributed by atoms with Crippen molar-refractivity contribution in [2.45, 2.75) is 12.8 Å². The van der Waals surface area contributed by atoms with E-state index in [0.717, 1.165) is 13.0 Å². The van der Waals surface area contributed by atoms with Gasteiger partial charge < -0.3 is 9.88 Å². The van der Waals surface area contributed by atoms with E-state index in [-0.39, 0.29) is 0 Å². The smallest absolute Gasteiger partial charge is 0.0497 e. The lowest BCUT2D eigenvalue weighted by Crippen LogP contribution is -2.13. The van der Waals surface area contributed by atoms with Crippen molar-refractivity contribution < 1.29 is 0 Å². The van der Waals surface area contributed by atoms with Crippen LogP contribution in [0.15, 0.2) is 54.6 Å². The normalized spacial score (nSPS) is 11.4. The van der Waals surface area contributed by atoms with E-state index in [9.17, 15) is 0 Å². The lowest BCUT2D eigenvalue weighted by Gasteiger charge is -2.10. The largest absolute Gasteiger partial charge is 0.354 e. The molecule has 0 atom stereocenters. The maximum absolute atomic E-state index is 3.60. The number of nitrogens with one attached hydrogen (secondary N) is 1. The molecule has 0 aliphatic carbocycles. The summed E-state index contributed by atoms with van der Waals surface area (Å²) >= 11 is 0. The molecular formula is C19H22N2. The Labute approximate surface area is 126 Å². The zero-order valence-electron chi connectivity index (χ0n) is 12.8. The number of fused-ring (bicyclic) bond motifs is 1. The summed E-state index contributed by atoms with van der Waals surface area (Å²) in [6.07, 6.45) is 2.28. The maximum atomic E-state index is 3.60. The highest BCUT2D eigenvalue weighted by Crippen LogP contribution is 2.31. The van der Waals surface area contributed by atoms with Gasteiger partial charge in [0.15, 0.2) is 0 Å². The number of hydrogen-bond donors (Lipinski definition) is 1. The first-order chi connectivity index (χ1) is 10.3. The third kappa shape index (κ3) is 3.01. The topological polar surface area (TPSA) is 19.0 Å². The van der Waals surface area contributed by atoms with Crippen LogP contribution in [0, 0.1) is 0 Å². The highest BCUT2D eigenvalue weighted by molar-refractivity contribution is 5.90. The fourth-order valence-electron chi connectivity index (χ4n) is 2.88. The third-order valence-electron chi connectivity index (χ3n) is 3.91. The van der Waals surface area contributed by atoms with Crippen molar-refractivity contribution in [3.63, 3.8) is 0 Å². The molecule has 0 amide bonds. The van der Waals surface area contributed by atoms with Crippen molar-refractivity contribution in [3.8, 4) is 11.3 Å². The summed E-state index contributed by atoms with van der Waals surface area (Å²) in [5, 5.41) is 1.36. The van der Waals surface area contributed by atoms with Gasteiger partial charge in [0, 0.05) is 16.6 Å². The Morgan fingerprint density at radius 2 is 1.62 bits per heavy atom. The highest BCUT2D eigenvalue weighted by atomic mass is 15.0. The minimum atomic E-state index is 1.10. The molecule has 0 radical (unpaired) electrons. The van der Waals surface area contributed by atoms with Crippen LogP contribution in [-0.2, 0) is 6.42 Å². The Bertz CT molecular complexity index is 711. The van der Waals surface area contributed by atoms with E-state index in [4.69, 9.17) is 0 Å². The first-order valence-corrected chi connectivity index (χ1v) is 7.55. The zero-order chi connectivity index (χ0) is 14.7. The average Bonchev–Trinajstić information content (AvgIpc) is 2.87. The van der Waals surface area contributed by atoms with Crippen molar-refractivity contribution in [3.05, 3.63) is 60.2 Å². The fraction of sp³-hybridized carbons (Fsp3) is 0.263. The first-order valence-electron chi connectivity index (χ1n) is 7.55. The second-order valence-electron chi connectivity index (χ2n) is 5.80. The van der Waals surface area contributed by atoms with Gasteiger partial charge in [0.25, 0.3) is 0 Å². The van der Waals surface area contributed by atoms with Crippen LogP contribution in [0.1, 0.15) is 12.0 Å². The number of rotatable bonds is 5. The first kappa shape index (κ1) is 13.9. The summed E-state index contributed by atoms with van der Waals surface area (Å²) in [5.41, 5.74) is 5.22. The number of nitrogens with zero attached hydrogens (tertiary/aromatic N) is 1. The fourth-order valence-corrected chi connectivity index (χ4v) is 2.88. The molecule has 1 aromatic heterocycles. The van der Waals surface area contributed by atoms with E-state index in [0.29, 0.717) is 0 Å². The van der Waals surface area contributed by atoms with Crippen LogP contribution in [-0.4, -0.2) is 30.5 Å². The standard InChI is InChI=1S/C19H22N2/c1-21(2)14-8-12-17-16-11-6-7-13-18(16)20-19(17)15-9-4-3-5-10-15/h3-7,9-11,13,20H,8,12,14H2,1-2H3. The van der Waals surface area contributed by atoms with Gasteiger partial charge in [0.1, 0.15) is 0 Å². The van der Waals surface area contributed by atoms with Crippen LogP contribution in [0.4, 0.5) is 0 Å². The van der Waals surface area contributed by atoms with Crippen molar-refractivity contribution in [2.24, 2.45) is 0 Å². The Morgan fingerprint density at radius 1 is 0.905 bits per heavy atom. The summed E-state index contributed by atoms with van der Waals surface area (Å²) in [6, 6.07) is 19.2. The molecule has 3 aromatic rings. The molecule has 1 N–H and O–H groups in total. The van der Waals surface area contributed by atoms with Crippen LogP contribution >= 0.6 is 0 Å². The second kappa shape index (κ2) is 6.15. The molecule has 0 fully saturated rings. The summed E-state index contributed by atoms with van der Waals surface area (Å²) in [7, 11) is 4.26. The molecule has 2 heteroatoms. The van der Waals surface area contributed by atoms with Crippen molar-refractivity contribution in [1.82, 2.24) is 9.88 Å². The molecule has 2 aromatic carbocycles. The molecule has 0 aliphatic rings. The van der Waals surface area contributed by atoms with Gasteiger partial charge in [-0.05, 0) is 50.7 Å². The molecule has 21 heavy (non-hydrogen) atoms. The van der Waals surface area contributed by atoms with Crippen LogP contribution < -0.4 is 0 Å². The zero-order valence-corrected chi connectivity index (χ0v) is 12.8. The van der Waals surface area contributed by atoms with Gasteiger partial charge in [-0.2, -0.15) is 0 Å². The predicted octanol–water partition coefficient (Wildman–Crippen LogP) is 4.33. The van der Waals surface area contributed by atoms with E-state index in [2.05, 4.69) is 78.6 Å². The van der Waals surface area contributed by atoms with E-state index in [1.54, 1.807) is 0 Å². The van der Waals surface area contributed by atoms with Gasteiger partial charge in [-0.1, -0.05) is 48.5 Å². The van der Waals surface area contributed by atoms with Gasteiger partial charge >= 0.3 is 0 Å².